The van der Waals surface area contributed by atoms with Crippen LogP contribution in [0.15, 0.2) is 18.5 Å². The molecule has 1 heterocycles. The van der Waals surface area contributed by atoms with E-state index in [1.165, 1.54) is 12.3 Å². The number of pyridine rings is 1. The van der Waals surface area contributed by atoms with Crippen LogP contribution in [0.2, 0.25) is 0 Å². The number of nitrogens with zero attached hydrogens (tertiary/aromatic N) is 1. The largest absolute Gasteiger partial charge is 0.370 e. The fourth-order valence-electron chi connectivity index (χ4n) is 2.79. The van der Waals surface area contributed by atoms with E-state index in [9.17, 15) is 9.18 Å². The molecule has 2 rings (SSSR count). The Morgan fingerprint density at radius 3 is 2.94 bits per heavy atom. The molecule has 98 valence electrons. The van der Waals surface area contributed by atoms with Gasteiger partial charge in [-0.15, -0.1) is 0 Å². The maximum Gasteiger partial charge on any atom is 0.196 e. The van der Waals surface area contributed by atoms with Gasteiger partial charge in [-0.1, -0.05) is 13.3 Å². The molecule has 1 saturated carbocycles. The molecule has 0 amide bonds. The summed E-state index contributed by atoms with van der Waals surface area (Å²) in [7, 11) is 1.56. The SMILES string of the molecule is COC1(C(=O)c2cncc(F)c2)CCCC(C)C1. The Balaban J connectivity index is 2.30. The van der Waals surface area contributed by atoms with Crippen molar-refractivity contribution in [2.24, 2.45) is 5.92 Å². The minimum absolute atomic E-state index is 0.149. The monoisotopic (exact) mass is 251 g/mol. The number of hydrogen-bond donors (Lipinski definition) is 0. The molecule has 0 aliphatic heterocycles. The van der Waals surface area contributed by atoms with Gasteiger partial charge in [-0.25, -0.2) is 4.39 Å². The van der Waals surface area contributed by atoms with Crippen molar-refractivity contribution in [2.75, 3.05) is 7.11 Å². The topological polar surface area (TPSA) is 39.2 Å². The molecule has 1 aromatic rings. The van der Waals surface area contributed by atoms with Crippen LogP contribution in [-0.4, -0.2) is 23.5 Å². The van der Waals surface area contributed by atoms with Gasteiger partial charge in [-0.05, 0) is 31.2 Å². The third-order valence-corrected chi connectivity index (χ3v) is 3.73. The number of methoxy groups -OCH3 is 1. The van der Waals surface area contributed by atoms with Crippen molar-refractivity contribution in [3.8, 4) is 0 Å². The second-order valence-electron chi connectivity index (χ2n) is 5.12. The zero-order valence-electron chi connectivity index (χ0n) is 10.8. The minimum Gasteiger partial charge on any atom is -0.370 e. The Labute approximate surface area is 106 Å². The van der Waals surface area contributed by atoms with Gasteiger partial charge in [0.2, 0.25) is 0 Å². The average molecular weight is 251 g/mol. The normalized spacial score (nSPS) is 28.1. The number of Topliss-reactive ketones (excluding diaryl/α,β-unsaturated/α-hetero) is 1. The van der Waals surface area contributed by atoms with Gasteiger partial charge in [-0.2, -0.15) is 0 Å². The summed E-state index contributed by atoms with van der Waals surface area (Å²) in [5.41, 5.74) is -0.501. The van der Waals surface area contributed by atoms with Crippen LogP contribution in [0.3, 0.4) is 0 Å². The van der Waals surface area contributed by atoms with E-state index in [4.69, 9.17) is 4.74 Å². The summed E-state index contributed by atoms with van der Waals surface area (Å²) in [6, 6.07) is 1.23. The van der Waals surface area contributed by atoms with Gasteiger partial charge in [0.05, 0.1) is 6.20 Å². The molecule has 2 atom stereocenters. The maximum absolute atomic E-state index is 13.1. The molecule has 0 aromatic carbocycles. The molecule has 1 aromatic heterocycles. The summed E-state index contributed by atoms with van der Waals surface area (Å²) in [6.45, 7) is 2.12. The van der Waals surface area contributed by atoms with Crippen molar-refractivity contribution < 1.29 is 13.9 Å². The predicted octanol–water partition coefficient (Wildman–Crippen LogP) is 3.00. The Kier molecular flexibility index (Phi) is 3.76. The van der Waals surface area contributed by atoms with Gasteiger partial charge in [-0.3, -0.25) is 9.78 Å². The van der Waals surface area contributed by atoms with Gasteiger partial charge in [0.15, 0.2) is 5.78 Å². The van der Waals surface area contributed by atoms with E-state index in [0.29, 0.717) is 24.3 Å². The number of ether oxygens (including phenoxy) is 1. The van der Waals surface area contributed by atoms with Crippen LogP contribution < -0.4 is 0 Å². The van der Waals surface area contributed by atoms with Gasteiger partial charge < -0.3 is 4.74 Å². The highest BCUT2D eigenvalue weighted by molar-refractivity contribution is 6.02. The lowest BCUT2D eigenvalue weighted by atomic mass is 9.75. The fourth-order valence-corrected chi connectivity index (χ4v) is 2.79. The van der Waals surface area contributed by atoms with Crippen molar-refractivity contribution in [1.82, 2.24) is 4.98 Å². The standard InChI is InChI=1S/C14H18FNO2/c1-10-4-3-5-14(7-10,18-2)13(17)11-6-12(15)9-16-8-11/h6,8-10H,3-5,7H2,1-2H3. The molecule has 0 radical (unpaired) electrons. The van der Waals surface area contributed by atoms with E-state index in [1.807, 2.05) is 0 Å². The summed E-state index contributed by atoms with van der Waals surface area (Å²) in [4.78, 5) is 16.3. The molecule has 0 N–H and O–H groups in total. The molecule has 0 spiro atoms. The summed E-state index contributed by atoms with van der Waals surface area (Å²) in [5.74, 6) is -0.191. The molecule has 18 heavy (non-hydrogen) atoms. The van der Waals surface area contributed by atoms with E-state index in [2.05, 4.69) is 11.9 Å². The van der Waals surface area contributed by atoms with E-state index in [-0.39, 0.29) is 5.78 Å². The number of halogens is 1. The average Bonchev–Trinajstić information content (AvgIpc) is 2.37. The van der Waals surface area contributed by atoms with Crippen molar-refractivity contribution in [3.05, 3.63) is 29.8 Å². The molecule has 1 fully saturated rings. The van der Waals surface area contributed by atoms with E-state index in [1.54, 1.807) is 7.11 Å². The molecule has 0 bridgehead atoms. The van der Waals surface area contributed by atoms with E-state index >= 15 is 0 Å². The van der Waals surface area contributed by atoms with Crippen LogP contribution in [0.4, 0.5) is 4.39 Å². The lowest BCUT2D eigenvalue weighted by molar-refractivity contribution is -0.0303. The Hall–Kier alpha value is -1.29. The number of hydrogen-bond acceptors (Lipinski definition) is 3. The van der Waals surface area contributed by atoms with Crippen LogP contribution in [0.25, 0.3) is 0 Å². The third-order valence-electron chi connectivity index (χ3n) is 3.73. The molecule has 1 aliphatic rings. The smallest absolute Gasteiger partial charge is 0.196 e. The van der Waals surface area contributed by atoms with Crippen LogP contribution in [-0.2, 0) is 4.74 Å². The van der Waals surface area contributed by atoms with Gasteiger partial charge in [0.25, 0.3) is 0 Å². The second-order valence-corrected chi connectivity index (χ2v) is 5.12. The van der Waals surface area contributed by atoms with Crippen molar-refractivity contribution >= 4 is 5.78 Å². The Bertz CT molecular complexity index is 449. The first-order chi connectivity index (χ1) is 8.57. The number of carbonyl (C=O) groups excluding carboxylic acids is 1. The van der Waals surface area contributed by atoms with Crippen molar-refractivity contribution in [2.45, 2.75) is 38.2 Å². The maximum atomic E-state index is 13.1. The number of carbonyl (C=O) groups is 1. The summed E-state index contributed by atoms with van der Waals surface area (Å²) < 4.78 is 18.7. The van der Waals surface area contributed by atoms with Crippen LogP contribution in [0.1, 0.15) is 43.0 Å². The van der Waals surface area contributed by atoms with E-state index in [0.717, 1.165) is 19.0 Å². The molecule has 1 aliphatic carbocycles. The first-order valence-electron chi connectivity index (χ1n) is 6.28. The molecule has 4 heteroatoms. The highest BCUT2D eigenvalue weighted by Crippen LogP contribution is 2.37. The first-order valence-corrected chi connectivity index (χ1v) is 6.28. The first kappa shape index (κ1) is 13.1. The van der Waals surface area contributed by atoms with Crippen LogP contribution in [0.5, 0.6) is 0 Å². The molecule has 0 saturated heterocycles. The van der Waals surface area contributed by atoms with E-state index < -0.39 is 11.4 Å². The van der Waals surface area contributed by atoms with Gasteiger partial charge >= 0.3 is 0 Å². The zero-order chi connectivity index (χ0) is 13.2. The Morgan fingerprint density at radius 2 is 2.33 bits per heavy atom. The fraction of sp³-hybridized carbons (Fsp3) is 0.571. The zero-order valence-corrected chi connectivity index (χ0v) is 10.8. The molecule has 3 nitrogen and oxygen atoms in total. The lowest BCUT2D eigenvalue weighted by Gasteiger charge is -2.37. The number of rotatable bonds is 3. The third kappa shape index (κ3) is 2.43. The van der Waals surface area contributed by atoms with Crippen molar-refractivity contribution in [1.29, 1.82) is 0 Å². The van der Waals surface area contributed by atoms with Crippen LogP contribution >= 0.6 is 0 Å². The summed E-state index contributed by atoms with van der Waals surface area (Å²) in [6.07, 6.45) is 5.97. The predicted molar refractivity (Wildman–Crippen MR) is 65.9 cm³/mol. The van der Waals surface area contributed by atoms with Crippen molar-refractivity contribution in [3.63, 3.8) is 0 Å². The Morgan fingerprint density at radius 1 is 1.56 bits per heavy atom. The highest BCUT2D eigenvalue weighted by atomic mass is 19.1. The summed E-state index contributed by atoms with van der Waals surface area (Å²) in [5, 5.41) is 0. The number of aromatic nitrogens is 1. The quantitative estimate of drug-likeness (QED) is 0.775. The second kappa shape index (κ2) is 5.14. The summed E-state index contributed by atoms with van der Waals surface area (Å²) >= 11 is 0. The molecular weight excluding hydrogens is 233 g/mol. The van der Waals surface area contributed by atoms with Gasteiger partial charge in [0.1, 0.15) is 11.4 Å². The molecule has 2 unspecified atom stereocenters. The van der Waals surface area contributed by atoms with Gasteiger partial charge in [0, 0.05) is 18.9 Å². The molecular formula is C14H18FNO2. The number of ketones is 1. The van der Waals surface area contributed by atoms with Crippen LogP contribution in [0, 0.1) is 11.7 Å². The highest BCUT2D eigenvalue weighted by Gasteiger charge is 2.42. The minimum atomic E-state index is -0.798. The lowest BCUT2D eigenvalue weighted by Crippen LogP contribution is -2.44.